The molecule has 1 atom stereocenters. The van der Waals surface area contributed by atoms with Gasteiger partial charge in [0, 0.05) is 24.7 Å². The number of carbonyl (C=O) groups is 2. The molecule has 1 aliphatic rings. The van der Waals surface area contributed by atoms with Crippen LogP contribution in [0.25, 0.3) is 0 Å². The molecule has 0 saturated carbocycles. The summed E-state index contributed by atoms with van der Waals surface area (Å²) in [5, 5.41) is 2.92. The van der Waals surface area contributed by atoms with Crippen molar-refractivity contribution < 1.29 is 14.3 Å². The molecule has 3 rings (SSSR count). The molecule has 0 aliphatic carbocycles. The average molecular weight is 367 g/mol. The van der Waals surface area contributed by atoms with Crippen LogP contribution in [-0.4, -0.2) is 33.8 Å². The first-order valence-corrected chi connectivity index (χ1v) is 9.07. The van der Waals surface area contributed by atoms with Crippen LogP contribution in [0.2, 0.25) is 0 Å². The van der Waals surface area contributed by atoms with Crippen LogP contribution in [0.15, 0.2) is 48.7 Å². The lowest BCUT2D eigenvalue weighted by atomic mass is 10.1. The van der Waals surface area contributed by atoms with Crippen LogP contribution in [0.5, 0.6) is 5.75 Å². The van der Waals surface area contributed by atoms with Crippen LogP contribution in [0, 0.1) is 5.92 Å². The Kier molecular flexibility index (Phi) is 5.44. The first-order valence-electron chi connectivity index (χ1n) is 9.07. The van der Waals surface area contributed by atoms with Crippen molar-refractivity contribution in [2.45, 2.75) is 39.3 Å². The van der Waals surface area contributed by atoms with Crippen LogP contribution in [0.4, 0.5) is 5.69 Å². The molecule has 0 spiro atoms. The Hall–Kier alpha value is -2.89. The highest BCUT2D eigenvalue weighted by molar-refractivity contribution is 5.98. The number of anilines is 1. The molecular weight excluding hydrogens is 342 g/mol. The van der Waals surface area contributed by atoms with Crippen molar-refractivity contribution in [1.29, 1.82) is 0 Å². The first kappa shape index (κ1) is 18.9. The van der Waals surface area contributed by atoms with E-state index in [0.717, 1.165) is 5.69 Å². The summed E-state index contributed by atoms with van der Waals surface area (Å²) >= 11 is 0. The Morgan fingerprint density at radius 1 is 1.22 bits per heavy atom. The van der Waals surface area contributed by atoms with Gasteiger partial charge in [-0.2, -0.15) is 0 Å². The molecule has 2 amide bonds. The van der Waals surface area contributed by atoms with Gasteiger partial charge in [0.05, 0.1) is 17.3 Å². The Labute approximate surface area is 159 Å². The molecule has 27 heavy (non-hydrogen) atoms. The fraction of sp³-hybridized carbons (Fsp3) is 0.381. The smallest absolute Gasteiger partial charge is 0.229 e. The number of carbonyl (C=O) groups excluding carboxylic acids is 2. The van der Waals surface area contributed by atoms with Gasteiger partial charge in [-0.1, -0.05) is 18.2 Å². The number of likely N-dealkylation sites (tertiary alicyclic amines) is 1. The monoisotopic (exact) mass is 367 g/mol. The van der Waals surface area contributed by atoms with E-state index in [9.17, 15) is 9.59 Å². The van der Waals surface area contributed by atoms with Crippen molar-refractivity contribution in [3.63, 3.8) is 0 Å². The van der Waals surface area contributed by atoms with Crippen molar-refractivity contribution in [2.75, 3.05) is 11.9 Å². The lowest BCUT2D eigenvalue weighted by Crippen LogP contribution is -2.42. The maximum Gasteiger partial charge on any atom is 0.229 e. The maximum absolute atomic E-state index is 12.7. The highest BCUT2D eigenvalue weighted by atomic mass is 16.5. The standard InChI is InChI=1S/C21H25N3O3/c1-21(2,3)24-13-15(12-19(24)25)20(26)23-17-9-4-5-10-18(17)27-14-16-8-6-7-11-22-16/h4-11,15H,12-14H2,1-3H3,(H,23,26)/t15-/m1/s1. The number of hydrogen-bond donors (Lipinski definition) is 1. The molecule has 0 unspecified atom stereocenters. The summed E-state index contributed by atoms with van der Waals surface area (Å²) in [5.74, 6) is 0.0698. The number of nitrogens with one attached hydrogen (secondary N) is 1. The fourth-order valence-corrected chi connectivity index (χ4v) is 3.10. The molecule has 142 valence electrons. The summed E-state index contributed by atoms with van der Waals surface area (Å²) in [4.78, 5) is 30.9. The minimum Gasteiger partial charge on any atom is -0.485 e. The van der Waals surface area contributed by atoms with Crippen molar-refractivity contribution in [3.8, 4) is 5.75 Å². The van der Waals surface area contributed by atoms with E-state index in [1.165, 1.54) is 0 Å². The number of rotatable bonds is 5. The third-order valence-electron chi connectivity index (χ3n) is 4.55. The molecule has 1 aliphatic heterocycles. The zero-order chi connectivity index (χ0) is 19.4. The van der Waals surface area contributed by atoms with E-state index in [2.05, 4.69) is 10.3 Å². The van der Waals surface area contributed by atoms with Gasteiger partial charge in [-0.3, -0.25) is 14.6 Å². The van der Waals surface area contributed by atoms with Gasteiger partial charge >= 0.3 is 0 Å². The molecule has 1 aromatic carbocycles. The lowest BCUT2D eigenvalue weighted by Gasteiger charge is -2.31. The zero-order valence-corrected chi connectivity index (χ0v) is 15.9. The summed E-state index contributed by atoms with van der Waals surface area (Å²) in [6.45, 7) is 6.68. The van der Waals surface area contributed by atoms with Crippen LogP contribution in [0.1, 0.15) is 32.9 Å². The van der Waals surface area contributed by atoms with Gasteiger partial charge in [0.2, 0.25) is 11.8 Å². The predicted octanol–water partition coefficient (Wildman–Crippen LogP) is 3.25. The summed E-state index contributed by atoms with van der Waals surface area (Å²) < 4.78 is 5.83. The fourth-order valence-electron chi connectivity index (χ4n) is 3.10. The normalized spacial score (nSPS) is 17.1. The Morgan fingerprint density at radius 2 is 1.96 bits per heavy atom. The number of aromatic nitrogens is 1. The van der Waals surface area contributed by atoms with Gasteiger partial charge in [-0.05, 0) is 45.0 Å². The summed E-state index contributed by atoms with van der Waals surface area (Å²) in [6, 6.07) is 12.9. The Balaban J connectivity index is 1.66. The van der Waals surface area contributed by atoms with E-state index >= 15 is 0 Å². The SMILES string of the molecule is CC(C)(C)N1C[C@H](C(=O)Nc2ccccc2OCc2ccccn2)CC1=O. The first-order chi connectivity index (χ1) is 12.8. The predicted molar refractivity (Wildman–Crippen MR) is 103 cm³/mol. The van der Waals surface area contributed by atoms with Crippen LogP contribution in [0.3, 0.4) is 0 Å². The largest absolute Gasteiger partial charge is 0.485 e. The molecule has 1 saturated heterocycles. The summed E-state index contributed by atoms with van der Waals surface area (Å²) in [7, 11) is 0. The molecule has 6 nitrogen and oxygen atoms in total. The second-order valence-electron chi connectivity index (χ2n) is 7.67. The van der Waals surface area contributed by atoms with E-state index in [4.69, 9.17) is 4.74 Å². The second-order valence-corrected chi connectivity index (χ2v) is 7.67. The third-order valence-corrected chi connectivity index (χ3v) is 4.55. The van der Waals surface area contributed by atoms with Gasteiger partial charge in [0.1, 0.15) is 12.4 Å². The van der Waals surface area contributed by atoms with Crippen LogP contribution in [-0.2, 0) is 16.2 Å². The molecule has 0 radical (unpaired) electrons. The number of ether oxygens (including phenoxy) is 1. The highest BCUT2D eigenvalue weighted by Crippen LogP contribution is 2.29. The summed E-state index contributed by atoms with van der Waals surface area (Å²) in [6.07, 6.45) is 1.95. The molecule has 0 bridgehead atoms. The van der Waals surface area contributed by atoms with Gasteiger partial charge < -0.3 is 15.0 Å². The number of para-hydroxylation sites is 2. The number of nitrogens with zero attached hydrogens (tertiary/aromatic N) is 2. The van der Waals surface area contributed by atoms with E-state index in [1.807, 2.05) is 51.1 Å². The zero-order valence-electron chi connectivity index (χ0n) is 15.9. The quantitative estimate of drug-likeness (QED) is 0.881. The molecule has 6 heteroatoms. The minimum atomic E-state index is -0.361. The number of pyridine rings is 1. The van der Waals surface area contributed by atoms with Gasteiger partial charge in [0.15, 0.2) is 0 Å². The second kappa shape index (κ2) is 7.78. The third kappa shape index (κ3) is 4.64. The van der Waals surface area contributed by atoms with Gasteiger partial charge in [-0.25, -0.2) is 0 Å². The Morgan fingerprint density at radius 3 is 2.63 bits per heavy atom. The molecule has 1 aromatic heterocycles. The van der Waals surface area contributed by atoms with Crippen molar-refractivity contribution >= 4 is 17.5 Å². The van der Waals surface area contributed by atoms with Crippen molar-refractivity contribution in [1.82, 2.24) is 9.88 Å². The van der Waals surface area contributed by atoms with E-state index in [-0.39, 0.29) is 29.7 Å². The van der Waals surface area contributed by atoms with Gasteiger partial charge in [-0.15, -0.1) is 0 Å². The van der Waals surface area contributed by atoms with Gasteiger partial charge in [0.25, 0.3) is 0 Å². The molecule has 1 fully saturated rings. The summed E-state index contributed by atoms with van der Waals surface area (Å²) in [5.41, 5.74) is 1.12. The lowest BCUT2D eigenvalue weighted by molar-refractivity contribution is -0.131. The van der Waals surface area contributed by atoms with Crippen LogP contribution < -0.4 is 10.1 Å². The van der Waals surface area contributed by atoms with Crippen LogP contribution >= 0.6 is 0 Å². The Bertz CT molecular complexity index is 815. The highest BCUT2D eigenvalue weighted by Gasteiger charge is 2.39. The minimum absolute atomic E-state index is 0.0161. The molecule has 2 aromatic rings. The topological polar surface area (TPSA) is 71.5 Å². The number of amides is 2. The maximum atomic E-state index is 12.7. The molecule has 2 heterocycles. The average Bonchev–Trinajstić information content (AvgIpc) is 3.04. The van der Waals surface area contributed by atoms with Crippen molar-refractivity contribution in [2.24, 2.45) is 5.92 Å². The van der Waals surface area contributed by atoms with E-state index in [0.29, 0.717) is 24.6 Å². The number of benzene rings is 1. The van der Waals surface area contributed by atoms with Crippen molar-refractivity contribution in [3.05, 3.63) is 54.4 Å². The van der Waals surface area contributed by atoms with E-state index in [1.54, 1.807) is 23.2 Å². The van der Waals surface area contributed by atoms with E-state index < -0.39 is 0 Å². The molecular formula is C21H25N3O3. The molecule has 1 N–H and O–H groups in total. The number of hydrogen-bond acceptors (Lipinski definition) is 4.